The molecule has 0 atom stereocenters. The topological polar surface area (TPSA) is 73.3 Å². The molecule has 0 bridgehead atoms. The number of ether oxygens (including phenoxy) is 2. The number of carbonyl (C=O) groups excluding carboxylic acids is 1. The van der Waals surface area contributed by atoms with Crippen molar-refractivity contribution in [1.82, 2.24) is 9.97 Å². The van der Waals surface area contributed by atoms with Crippen molar-refractivity contribution < 1.29 is 14.3 Å². The molecular weight excluding hydrogens is 350 g/mol. The maximum atomic E-state index is 12.1. The van der Waals surface area contributed by atoms with Crippen molar-refractivity contribution in [2.24, 2.45) is 0 Å². The van der Waals surface area contributed by atoms with Crippen LogP contribution < -0.4 is 14.8 Å². The zero-order valence-corrected chi connectivity index (χ0v) is 14.7. The molecular formula is C19H15N3O3S. The molecule has 0 aliphatic carbocycles. The van der Waals surface area contributed by atoms with Gasteiger partial charge in [-0.15, -0.1) is 0 Å². The van der Waals surface area contributed by atoms with E-state index in [2.05, 4.69) is 15.3 Å². The van der Waals surface area contributed by atoms with Gasteiger partial charge in [0.1, 0.15) is 17.0 Å². The summed E-state index contributed by atoms with van der Waals surface area (Å²) in [6.07, 6.45) is 1.71. The van der Waals surface area contributed by atoms with E-state index >= 15 is 0 Å². The normalized spacial score (nSPS) is 10.8. The zero-order valence-electron chi connectivity index (χ0n) is 13.9. The maximum absolute atomic E-state index is 12.1. The van der Waals surface area contributed by atoms with Crippen molar-refractivity contribution in [2.45, 2.75) is 0 Å². The van der Waals surface area contributed by atoms with Crippen molar-refractivity contribution in [1.29, 1.82) is 0 Å². The van der Waals surface area contributed by atoms with Gasteiger partial charge in [-0.2, -0.15) is 0 Å². The van der Waals surface area contributed by atoms with Crippen molar-refractivity contribution in [3.63, 3.8) is 0 Å². The van der Waals surface area contributed by atoms with Crippen LogP contribution in [0.5, 0.6) is 11.5 Å². The second-order valence-electron chi connectivity index (χ2n) is 5.49. The monoisotopic (exact) mass is 365 g/mol. The first kappa shape index (κ1) is 16.3. The van der Waals surface area contributed by atoms with E-state index in [9.17, 15) is 4.79 Å². The van der Waals surface area contributed by atoms with Gasteiger partial charge in [0.25, 0.3) is 5.91 Å². The Kier molecular flexibility index (Phi) is 4.37. The predicted molar refractivity (Wildman–Crippen MR) is 102 cm³/mol. The molecule has 0 spiro atoms. The van der Waals surface area contributed by atoms with Crippen LogP contribution in [0.15, 0.2) is 54.7 Å². The lowest BCUT2D eigenvalue weighted by molar-refractivity contribution is -0.118. The fraction of sp³-hybridized carbons (Fsp3) is 0.105. The Morgan fingerprint density at radius 2 is 2.00 bits per heavy atom. The lowest BCUT2D eigenvalue weighted by Gasteiger charge is -2.05. The fourth-order valence-electron chi connectivity index (χ4n) is 2.63. The number of fused-ring (bicyclic) bond motifs is 3. The third-order valence-corrected chi connectivity index (χ3v) is 4.71. The standard InChI is InChI=1S/C19H15N3O3S/c1-24-14-10-15-18(13-8-5-9-20-17(13)14)22-19(26-15)21-16(23)11-25-12-6-3-2-4-7-12/h2-10H,11H2,1H3,(H,21,22,23). The molecule has 2 aromatic heterocycles. The first-order chi connectivity index (χ1) is 12.7. The molecule has 26 heavy (non-hydrogen) atoms. The summed E-state index contributed by atoms with van der Waals surface area (Å²) in [6.45, 7) is -0.0778. The predicted octanol–water partition coefficient (Wildman–Crippen LogP) is 3.87. The third-order valence-electron chi connectivity index (χ3n) is 3.79. The van der Waals surface area contributed by atoms with E-state index < -0.39 is 0 Å². The number of carbonyl (C=O) groups is 1. The lowest BCUT2D eigenvalue weighted by atomic mass is 10.2. The number of nitrogens with one attached hydrogen (secondary N) is 1. The second kappa shape index (κ2) is 6.97. The van der Waals surface area contributed by atoms with E-state index in [1.807, 2.05) is 36.4 Å². The van der Waals surface area contributed by atoms with Crippen LogP contribution in [0.4, 0.5) is 5.13 Å². The van der Waals surface area contributed by atoms with Crippen LogP contribution in [0.25, 0.3) is 21.1 Å². The SMILES string of the molecule is COc1cc2sc(NC(=O)COc3ccccc3)nc2c2cccnc12. The first-order valence-corrected chi connectivity index (χ1v) is 8.76. The number of thiazole rings is 1. The number of pyridine rings is 1. The molecule has 7 heteroatoms. The van der Waals surface area contributed by atoms with Gasteiger partial charge in [0.05, 0.1) is 17.3 Å². The van der Waals surface area contributed by atoms with Gasteiger partial charge in [0.2, 0.25) is 0 Å². The zero-order chi connectivity index (χ0) is 17.9. The van der Waals surface area contributed by atoms with Gasteiger partial charge in [-0.05, 0) is 24.3 Å². The molecule has 0 radical (unpaired) electrons. The van der Waals surface area contributed by atoms with Crippen LogP contribution in [0.3, 0.4) is 0 Å². The Morgan fingerprint density at radius 1 is 1.15 bits per heavy atom. The smallest absolute Gasteiger partial charge is 0.264 e. The first-order valence-electron chi connectivity index (χ1n) is 7.94. The number of hydrogen-bond acceptors (Lipinski definition) is 6. The average Bonchev–Trinajstić information content (AvgIpc) is 3.09. The number of hydrogen-bond donors (Lipinski definition) is 1. The number of benzene rings is 2. The van der Waals surface area contributed by atoms with Gasteiger partial charge < -0.3 is 9.47 Å². The van der Waals surface area contributed by atoms with Gasteiger partial charge in [0.15, 0.2) is 11.7 Å². The van der Waals surface area contributed by atoms with Crippen LogP contribution in [0.1, 0.15) is 0 Å². The Balaban J connectivity index is 1.57. The number of nitrogens with zero attached hydrogens (tertiary/aromatic N) is 2. The number of anilines is 1. The molecule has 0 saturated heterocycles. The van der Waals surface area contributed by atoms with Crippen LogP contribution in [-0.2, 0) is 4.79 Å². The van der Waals surface area contributed by atoms with E-state index in [0.29, 0.717) is 16.6 Å². The van der Waals surface area contributed by atoms with E-state index in [1.165, 1.54) is 11.3 Å². The molecule has 6 nitrogen and oxygen atoms in total. The van der Waals surface area contributed by atoms with Crippen molar-refractivity contribution in [2.75, 3.05) is 19.0 Å². The van der Waals surface area contributed by atoms with Gasteiger partial charge in [-0.25, -0.2) is 4.98 Å². The van der Waals surface area contributed by atoms with Gasteiger partial charge in [0, 0.05) is 17.6 Å². The number of rotatable bonds is 5. The fourth-order valence-corrected chi connectivity index (χ4v) is 3.56. The van der Waals surface area contributed by atoms with E-state index in [0.717, 1.165) is 21.1 Å². The van der Waals surface area contributed by atoms with Crippen molar-refractivity contribution >= 4 is 43.5 Å². The molecule has 4 aromatic rings. The lowest BCUT2D eigenvalue weighted by Crippen LogP contribution is -2.19. The van der Waals surface area contributed by atoms with Gasteiger partial charge in [-0.1, -0.05) is 29.5 Å². The molecule has 0 aliphatic rings. The maximum Gasteiger partial charge on any atom is 0.264 e. The van der Waals surface area contributed by atoms with E-state index in [4.69, 9.17) is 9.47 Å². The summed E-state index contributed by atoms with van der Waals surface area (Å²) < 4.78 is 11.8. The highest BCUT2D eigenvalue weighted by Gasteiger charge is 2.14. The highest BCUT2D eigenvalue weighted by molar-refractivity contribution is 7.22. The summed E-state index contributed by atoms with van der Waals surface area (Å²) in [5.74, 6) is 1.07. The third kappa shape index (κ3) is 3.16. The van der Waals surface area contributed by atoms with Crippen LogP contribution >= 0.6 is 11.3 Å². The minimum absolute atomic E-state index is 0.0778. The molecule has 1 amide bonds. The summed E-state index contributed by atoms with van der Waals surface area (Å²) >= 11 is 1.39. The summed E-state index contributed by atoms with van der Waals surface area (Å²) in [6, 6.07) is 14.9. The molecule has 4 rings (SSSR count). The quantitative estimate of drug-likeness (QED) is 0.581. The molecule has 0 saturated carbocycles. The molecule has 1 N–H and O–H groups in total. The highest BCUT2D eigenvalue weighted by Crippen LogP contribution is 2.36. The Bertz CT molecular complexity index is 1080. The molecule has 0 unspecified atom stereocenters. The Labute approximate surface area is 153 Å². The summed E-state index contributed by atoms with van der Waals surface area (Å²) in [4.78, 5) is 21.1. The highest BCUT2D eigenvalue weighted by atomic mass is 32.1. The minimum Gasteiger partial charge on any atom is -0.494 e. The number of para-hydroxylation sites is 1. The van der Waals surface area contributed by atoms with Crippen LogP contribution in [0.2, 0.25) is 0 Å². The minimum atomic E-state index is -0.262. The van der Waals surface area contributed by atoms with Crippen LogP contribution in [0, 0.1) is 0 Å². The molecule has 2 heterocycles. The largest absolute Gasteiger partial charge is 0.494 e. The molecule has 130 valence electrons. The van der Waals surface area contributed by atoms with E-state index in [1.54, 1.807) is 25.4 Å². The second-order valence-corrected chi connectivity index (χ2v) is 6.52. The Hall–Kier alpha value is -3.19. The van der Waals surface area contributed by atoms with Crippen LogP contribution in [-0.4, -0.2) is 29.6 Å². The molecule has 0 fully saturated rings. The van der Waals surface area contributed by atoms with Crippen molar-refractivity contribution in [3.8, 4) is 11.5 Å². The molecule has 0 aliphatic heterocycles. The number of methoxy groups -OCH3 is 1. The summed E-state index contributed by atoms with van der Waals surface area (Å²) in [5.41, 5.74) is 1.54. The number of aromatic nitrogens is 2. The number of amides is 1. The average molecular weight is 365 g/mol. The Morgan fingerprint density at radius 3 is 2.81 bits per heavy atom. The van der Waals surface area contributed by atoms with Gasteiger partial charge >= 0.3 is 0 Å². The summed E-state index contributed by atoms with van der Waals surface area (Å²) in [7, 11) is 1.61. The molecule has 2 aromatic carbocycles. The summed E-state index contributed by atoms with van der Waals surface area (Å²) in [5, 5.41) is 4.19. The van der Waals surface area contributed by atoms with Crippen molar-refractivity contribution in [3.05, 3.63) is 54.7 Å². The van der Waals surface area contributed by atoms with Gasteiger partial charge in [-0.3, -0.25) is 15.1 Å². The van der Waals surface area contributed by atoms with E-state index in [-0.39, 0.29) is 12.5 Å².